The van der Waals surface area contributed by atoms with E-state index >= 15 is 0 Å². The Morgan fingerprint density at radius 1 is 0.886 bits per heavy atom. The van der Waals surface area contributed by atoms with E-state index in [0.29, 0.717) is 11.3 Å². The molecule has 0 atom stereocenters. The monoisotopic (exact) mass is 600 g/mol. The van der Waals surface area contributed by atoms with Crippen LogP contribution in [0.4, 0.5) is 18.9 Å². The number of aromatic amines is 2. The number of carbonyl (C=O) groups is 1. The van der Waals surface area contributed by atoms with Gasteiger partial charge in [-0.25, -0.2) is 14.6 Å². The number of H-pyrrole nitrogens is 2. The summed E-state index contributed by atoms with van der Waals surface area (Å²) in [6, 6.07) is 22.3. The molecule has 1 amide bonds. The summed E-state index contributed by atoms with van der Waals surface area (Å²) in [5.41, 5.74) is 2.83. The highest BCUT2D eigenvalue weighted by Crippen LogP contribution is 2.37. The lowest BCUT2D eigenvalue weighted by Crippen LogP contribution is -3.08. The molecule has 12 heteroatoms. The first-order valence-electron chi connectivity index (χ1n) is 14.5. The lowest BCUT2D eigenvalue weighted by atomic mass is 9.98. The number of anilines is 1. The maximum absolute atomic E-state index is 14.1. The van der Waals surface area contributed by atoms with Gasteiger partial charge in [0.15, 0.2) is 11.5 Å². The third kappa shape index (κ3) is 5.11. The number of aromatic nitrogens is 5. The zero-order valence-electron chi connectivity index (χ0n) is 23.6. The van der Waals surface area contributed by atoms with E-state index in [4.69, 9.17) is 0 Å². The molecule has 5 aromatic rings. The molecule has 1 saturated heterocycles. The Bertz CT molecular complexity index is 1900. The number of halogens is 3. The number of nitrogens with zero attached hydrogens (tertiary/aromatic N) is 4. The second-order valence-corrected chi connectivity index (χ2v) is 11.2. The average molecular weight is 601 g/mol. The van der Waals surface area contributed by atoms with Crippen LogP contribution in [0.2, 0.25) is 0 Å². The summed E-state index contributed by atoms with van der Waals surface area (Å²) in [6.45, 7) is 3.38. The molecule has 0 aliphatic carbocycles. The molecule has 0 saturated carbocycles. The van der Waals surface area contributed by atoms with Gasteiger partial charge in [0, 0.05) is 41.8 Å². The minimum absolute atomic E-state index is 0.00844. The van der Waals surface area contributed by atoms with Crippen molar-refractivity contribution in [2.45, 2.75) is 32.0 Å². The first-order valence-corrected chi connectivity index (χ1v) is 14.5. The summed E-state index contributed by atoms with van der Waals surface area (Å²) in [6.07, 6.45) is -2.25. The van der Waals surface area contributed by atoms with Gasteiger partial charge in [-0.05, 0) is 41.8 Å². The van der Waals surface area contributed by atoms with Gasteiger partial charge in [-0.2, -0.15) is 23.4 Å². The van der Waals surface area contributed by atoms with Crippen molar-refractivity contribution >= 4 is 11.6 Å². The van der Waals surface area contributed by atoms with Crippen LogP contribution >= 0.6 is 0 Å². The van der Waals surface area contributed by atoms with E-state index in [0.717, 1.165) is 22.4 Å². The summed E-state index contributed by atoms with van der Waals surface area (Å²) >= 11 is 0. The Labute approximate surface area is 249 Å². The summed E-state index contributed by atoms with van der Waals surface area (Å²) in [5, 5.41) is 10.1. The summed E-state index contributed by atoms with van der Waals surface area (Å²) in [5.74, 6) is -0.357. The normalized spacial score (nSPS) is 15.6. The molecule has 3 aromatic carbocycles. The fourth-order valence-electron chi connectivity index (χ4n) is 6.31. The number of quaternary nitrogens is 1. The highest BCUT2D eigenvalue weighted by molar-refractivity contribution is 6.07. The Balaban J connectivity index is 1.23. The number of amides is 1. The van der Waals surface area contributed by atoms with Gasteiger partial charge in [-0.15, -0.1) is 0 Å². The largest absolute Gasteiger partial charge is 0.435 e. The van der Waals surface area contributed by atoms with Crippen molar-refractivity contribution in [1.29, 1.82) is 0 Å². The van der Waals surface area contributed by atoms with Crippen molar-refractivity contribution in [2.24, 2.45) is 0 Å². The maximum atomic E-state index is 14.1. The third-order valence-electron chi connectivity index (χ3n) is 8.41. The molecule has 2 aliphatic rings. The van der Waals surface area contributed by atoms with E-state index in [1.165, 1.54) is 42.5 Å². The lowest BCUT2D eigenvalue weighted by molar-refractivity contribution is -0.901. The zero-order valence-corrected chi connectivity index (χ0v) is 23.6. The van der Waals surface area contributed by atoms with Gasteiger partial charge in [-0.1, -0.05) is 48.5 Å². The molecule has 0 spiro atoms. The van der Waals surface area contributed by atoms with Crippen molar-refractivity contribution in [2.75, 3.05) is 24.5 Å². The van der Waals surface area contributed by atoms with Gasteiger partial charge in [0.05, 0.1) is 18.8 Å². The first kappa shape index (κ1) is 27.8. The van der Waals surface area contributed by atoms with Gasteiger partial charge < -0.3 is 9.80 Å². The van der Waals surface area contributed by atoms with E-state index in [1.54, 1.807) is 23.1 Å². The maximum Gasteiger partial charge on any atom is 0.435 e. The highest BCUT2D eigenvalue weighted by atomic mass is 19.4. The number of likely N-dealkylation sites (tertiary alicyclic amines) is 1. The average Bonchev–Trinajstić information content (AvgIpc) is 3.78. The molecule has 2 aliphatic heterocycles. The van der Waals surface area contributed by atoms with Crippen LogP contribution in [0.5, 0.6) is 0 Å². The van der Waals surface area contributed by atoms with Crippen LogP contribution in [-0.4, -0.2) is 50.5 Å². The highest BCUT2D eigenvalue weighted by Gasteiger charge is 2.43. The molecule has 2 aromatic heterocycles. The predicted octanol–water partition coefficient (Wildman–Crippen LogP) is 4.02. The minimum Gasteiger partial charge on any atom is -0.331 e. The van der Waals surface area contributed by atoms with E-state index in [-0.39, 0.29) is 35.7 Å². The number of fused-ring (bicyclic) bond motifs is 1. The zero-order chi connectivity index (χ0) is 30.4. The fraction of sp³-hybridized carbons (Fsp3) is 0.250. The van der Waals surface area contributed by atoms with Crippen LogP contribution in [0, 0.1) is 0 Å². The number of alkyl halides is 3. The summed E-state index contributed by atoms with van der Waals surface area (Å²) in [7, 11) is 0. The van der Waals surface area contributed by atoms with Crippen molar-refractivity contribution in [1.82, 2.24) is 25.0 Å². The quantitative estimate of drug-likeness (QED) is 0.274. The van der Waals surface area contributed by atoms with E-state index < -0.39 is 23.5 Å². The Hall–Kier alpha value is -4.97. The van der Waals surface area contributed by atoms with E-state index in [1.807, 2.05) is 30.3 Å². The Kier molecular flexibility index (Phi) is 6.92. The number of hydrogen-bond acceptors (Lipinski definition) is 4. The van der Waals surface area contributed by atoms with E-state index in [2.05, 4.69) is 38.5 Å². The van der Waals surface area contributed by atoms with Crippen molar-refractivity contribution in [3.63, 3.8) is 0 Å². The molecule has 3 N–H and O–H groups in total. The topological polar surface area (TPSA) is 104 Å². The molecule has 44 heavy (non-hydrogen) atoms. The molecule has 9 nitrogen and oxygen atoms in total. The SMILES string of the molecule is O=C1c2c(c(C(F)(F)F)nn2-c2cccc(-c3n[nH]c(=O)[nH]3)c2)CCN1c1ccc(-c2ccccc2C[NH+]2CCCC2)cc1. The number of hydrogen-bond donors (Lipinski definition) is 3. The van der Waals surface area contributed by atoms with Crippen LogP contribution in [0.25, 0.3) is 28.2 Å². The number of benzene rings is 3. The van der Waals surface area contributed by atoms with Crippen LogP contribution in [-0.2, 0) is 19.1 Å². The predicted molar refractivity (Wildman–Crippen MR) is 158 cm³/mol. The first-order chi connectivity index (χ1) is 21.3. The van der Waals surface area contributed by atoms with Gasteiger partial charge >= 0.3 is 11.9 Å². The molecule has 7 rings (SSSR count). The van der Waals surface area contributed by atoms with Gasteiger partial charge in [0.2, 0.25) is 0 Å². The molecule has 1 fully saturated rings. The van der Waals surface area contributed by atoms with Gasteiger partial charge in [0.25, 0.3) is 5.91 Å². The number of nitrogens with one attached hydrogen (secondary N) is 3. The summed E-state index contributed by atoms with van der Waals surface area (Å²) in [4.78, 5) is 31.1. The van der Waals surface area contributed by atoms with Crippen molar-refractivity contribution < 1.29 is 22.9 Å². The van der Waals surface area contributed by atoms with Gasteiger partial charge in [0.1, 0.15) is 12.2 Å². The number of rotatable bonds is 6. The molecule has 224 valence electrons. The molecule has 0 unspecified atom stereocenters. The van der Waals surface area contributed by atoms with Gasteiger partial charge in [-0.3, -0.25) is 9.78 Å². The van der Waals surface area contributed by atoms with E-state index in [9.17, 15) is 22.8 Å². The fourth-order valence-corrected chi connectivity index (χ4v) is 6.31. The van der Waals surface area contributed by atoms with Crippen LogP contribution in [0.3, 0.4) is 0 Å². The standard InChI is InChI=1S/C32H28F3N7O2/c33-32(34,35)28-26-14-17-41(23-12-10-20(11-13-23)25-9-2-1-6-22(25)19-40-15-3-4-16-40)30(43)27(26)42(39-28)24-8-5-7-21(18-24)29-36-31(44)38-37-29/h1-2,5-13,18H,3-4,14-17,19H2,(H2,36,37,38,44)/p+1. The van der Waals surface area contributed by atoms with Crippen molar-refractivity contribution in [3.8, 4) is 28.2 Å². The second kappa shape index (κ2) is 10.9. The summed E-state index contributed by atoms with van der Waals surface area (Å²) < 4.78 is 43.4. The number of carbonyl (C=O) groups excluding carboxylic acids is 1. The van der Waals surface area contributed by atoms with Crippen LogP contribution in [0.15, 0.2) is 77.6 Å². The minimum atomic E-state index is -4.74. The molecular weight excluding hydrogens is 571 g/mol. The third-order valence-corrected chi connectivity index (χ3v) is 8.41. The van der Waals surface area contributed by atoms with Crippen molar-refractivity contribution in [3.05, 3.63) is 106 Å². The smallest absolute Gasteiger partial charge is 0.331 e. The molecule has 0 bridgehead atoms. The lowest BCUT2D eigenvalue weighted by Gasteiger charge is -2.28. The Morgan fingerprint density at radius 3 is 2.39 bits per heavy atom. The molecular formula is C32H29F3N7O2+. The van der Waals surface area contributed by atoms with Crippen LogP contribution in [0.1, 0.15) is 40.2 Å². The molecule has 4 heterocycles. The second-order valence-electron chi connectivity index (χ2n) is 11.2. The van der Waals surface area contributed by atoms with Crippen LogP contribution < -0.4 is 15.5 Å². The molecule has 0 radical (unpaired) electrons. The Morgan fingerprint density at radius 2 is 1.66 bits per heavy atom.